The highest BCUT2D eigenvalue weighted by atomic mass is 32.2. The maximum atomic E-state index is 11.7. The molecule has 0 N–H and O–H groups in total. The summed E-state index contributed by atoms with van der Waals surface area (Å²) in [6.45, 7) is 3.72. The fourth-order valence-corrected chi connectivity index (χ4v) is 4.06. The van der Waals surface area contributed by atoms with Crippen molar-refractivity contribution in [1.29, 1.82) is 0 Å². The molecule has 0 radical (unpaired) electrons. The number of nitrogens with zero attached hydrogens (tertiary/aromatic N) is 3. The largest absolute Gasteiger partial charge is 0.472 e. The van der Waals surface area contributed by atoms with Crippen LogP contribution in [0, 0.1) is 0 Å². The average Bonchev–Trinajstić information content (AvgIpc) is 3.08. The first-order valence-electron chi connectivity index (χ1n) is 8.43. The smallest absolute Gasteiger partial charge is 0.303 e. The normalized spacial score (nSPS) is 24.4. The topological polar surface area (TPSA) is 118 Å². The third kappa shape index (κ3) is 4.53. The van der Waals surface area contributed by atoms with Crippen LogP contribution in [0.5, 0.6) is 5.75 Å². The predicted octanol–water partition coefficient (Wildman–Crippen LogP) is 0.976. The minimum Gasteiger partial charge on any atom is -0.472 e. The van der Waals surface area contributed by atoms with Gasteiger partial charge in [0.2, 0.25) is 0 Å². The molecule has 3 heterocycles. The third-order valence-corrected chi connectivity index (χ3v) is 5.03. The Kier molecular flexibility index (Phi) is 6.02. The van der Waals surface area contributed by atoms with Crippen LogP contribution in [0.15, 0.2) is 24.7 Å². The monoisotopic (exact) mass is 409 g/mol. The zero-order chi connectivity index (χ0) is 20.3. The number of pyridine rings is 1. The summed E-state index contributed by atoms with van der Waals surface area (Å²) < 4.78 is 23.6. The van der Waals surface area contributed by atoms with Crippen molar-refractivity contribution in [2.24, 2.45) is 0 Å². The molecule has 1 saturated heterocycles. The number of fused-ring (bicyclic) bond motifs is 1. The maximum Gasteiger partial charge on any atom is 0.303 e. The molecule has 4 atom stereocenters. The van der Waals surface area contributed by atoms with E-state index in [9.17, 15) is 14.4 Å². The van der Waals surface area contributed by atoms with Gasteiger partial charge in [-0.3, -0.25) is 14.4 Å². The fraction of sp³-hybridized carbons (Fsp3) is 0.471. The van der Waals surface area contributed by atoms with E-state index in [0.717, 1.165) is 0 Å². The molecular weight excluding hydrogens is 390 g/mol. The van der Waals surface area contributed by atoms with Crippen LogP contribution in [-0.2, 0) is 28.6 Å². The molecule has 1 aliphatic heterocycles. The Morgan fingerprint density at radius 1 is 1.07 bits per heavy atom. The van der Waals surface area contributed by atoms with Gasteiger partial charge >= 0.3 is 17.9 Å². The van der Waals surface area contributed by atoms with Crippen LogP contribution in [0.3, 0.4) is 0 Å². The number of thioether (sulfide) groups is 1. The SMILES string of the molecule is CC(=O)O[C@@H]1[C@@H](OC(C)=O)[C@@H](Oc2cccn3ncnc23)SC[C@H]1OC(C)=O. The second-order valence-corrected chi connectivity index (χ2v) is 7.15. The fourth-order valence-electron chi connectivity index (χ4n) is 2.85. The van der Waals surface area contributed by atoms with Crippen molar-refractivity contribution in [3.8, 4) is 5.75 Å². The van der Waals surface area contributed by atoms with Crippen molar-refractivity contribution >= 4 is 35.3 Å². The zero-order valence-electron chi connectivity index (χ0n) is 15.4. The van der Waals surface area contributed by atoms with Gasteiger partial charge in [0.05, 0.1) is 0 Å². The molecule has 2 aromatic heterocycles. The number of esters is 3. The molecule has 0 saturated carbocycles. The van der Waals surface area contributed by atoms with E-state index in [0.29, 0.717) is 11.4 Å². The number of hydrogen-bond donors (Lipinski definition) is 0. The molecule has 0 spiro atoms. The molecule has 10 nitrogen and oxygen atoms in total. The van der Waals surface area contributed by atoms with Crippen LogP contribution in [0.4, 0.5) is 0 Å². The summed E-state index contributed by atoms with van der Waals surface area (Å²) in [5.41, 5.74) is -0.237. The van der Waals surface area contributed by atoms with Gasteiger partial charge in [0, 0.05) is 32.7 Å². The van der Waals surface area contributed by atoms with E-state index in [2.05, 4.69) is 10.1 Å². The van der Waals surface area contributed by atoms with Gasteiger partial charge in [0.15, 0.2) is 35.1 Å². The van der Waals surface area contributed by atoms with Crippen LogP contribution < -0.4 is 4.74 Å². The Hall–Kier alpha value is -2.82. The maximum absolute atomic E-state index is 11.7. The van der Waals surface area contributed by atoms with Crippen molar-refractivity contribution in [2.75, 3.05) is 5.75 Å². The van der Waals surface area contributed by atoms with Crippen LogP contribution in [0.2, 0.25) is 0 Å². The second-order valence-electron chi connectivity index (χ2n) is 6.02. The van der Waals surface area contributed by atoms with E-state index in [1.54, 1.807) is 18.3 Å². The van der Waals surface area contributed by atoms with Crippen LogP contribution >= 0.6 is 11.8 Å². The van der Waals surface area contributed by atoms with Gasteiger partial charge in [-0.25, -0.2) is 9.50 Å². The summed E-state index contributed by atoms with van der Waals surface area (Å²) >= 11 is 1.27. The lowest BCUT2D eigenvalue weighted by Crippen LogP contribution is -2.55. The second kappa shape index (κ2) is 8.46. The van der Waals surface area contributed by atoms with E-state index in [1.165, 1.54) is 43.4 Å². The van der Waals surface area contributed by atoms with Gasteiger partial charge in [0.25, 0.3) is 0 Å². The Morgan fingerprint density at radius 3 is 2.43 bits per heavy atom. The lowest BCUT2D eigenvalue weighted by molar-refractivity contribution is -0.186. The number of carbonyl (C=O) groups excluding carboxylic acids is 3. The number of rotatable bonds is 5. The van der Waals surface area contributed by atoms with Gasteiger partial charge in [-0.1, -0.05) is 0 Å². The van der Waals surface area contributed by atoms with Gasteiger partial charge in [-0.15, -0.1) is 11.8 Å². The summed E-state index contributed by atoms with van der Waals surface area (Å²) in [4.78, 5) is 38.9. The summed E-state index contributed by atoms with van der Waals surface area (Å²) in [7, 11) is 0. The Labute approximate surface area is 164 Å². The van der Waals surface area contributed by atoms with E-state index in [4.69, 9.17) is 18.9 Å². The highest BCUT2D eigenvalue weighted by Gasteiger charge is 2.47. The predicted molar refractivity (Wildman–Crippen MR) is 96.5 cm³/mol. The van der Waals surface area contributed by atoms with Crippen molar-refractivity contribution in [3.05, 3.63) is 24.7 Å². The first kappa shape index (κ1) is 19.9. The lowest BCUT2D eigenvalue weighted by atomic mass is 10.1. The molecular formula is C17H19N3O7S. The summed E-state index contributed by atoms with van der Waals surface area (Å²) in [6.07, 6.45) is 0.324. The standard InChI is InChI=1S/C17H19N3O7S/c1-9(21)24-13-7-28-17(15(26-11(3)23)14(13)25-10(2)22)27-12-5-4-6-20-16(12)18-8-19-20/h4-6,8,13-15,17H,7H2,1-3H3/t13-,14+,15-,17+/m1/s1. The average molecular weight is 409 g/mol. The molecule has 11 heteroatoms. The molecule has 3 rings (SSSR count). The summed E-state index contributed by atoms with van der Waals surface area (Å²) in [6, 6.07) is 3.44. The van der Waals surface area contributed by atoms with Crippen molar-refractivity contribution in [1.82, 2.24) is 14.6 Å². The molecule has 0 unspecified atom stereocenters. The first-order valence-corrected chi connectivity index (χ1v) is 9.48. The summed E-state index contributed by atoms with van der Waals surface area (Å²) in [5.74, 6) is -1.00. The summed E-state index contributed by atoms with van der Waals surface area (Å²) in [5, 5.41) is 4.05. The third-order valence-electron chi connectivity index (χ3n) is 3.82. The lowest BCUT2D eigenvalue weighted by Gasteiger charge is -2.39. The van der Waals surface area contributed by atoms with Gasteiger partial charge < -0.3 is 18.9 Å². The molecule has 0 amide bonds. The van der Waals surface area contributed by atoms with E-state index >= 15 is 0 Å². The van der Waals surface area contributed by atoms with Crippen molar-refractivity contribution < 1.29 is 33.3 Å². The molecule has 0 aromatic carbocycles. The van der Waals surface area contributed by atoms with Crippen molar-refractivity contribution in [3.63, 3.8) is 0 Å². The van der Waals surface area contributed by atoms with Crippen LogP contribution in [-0.4, -0.2) is 62.0 Å². The van der Waals surface area contributed by atoms with Crippen molar-refractivity contribution in [2.45, 2.75) is 44.5 Å². The minimum absolute atomic E-state index is 0.287. The van der Waals surface area contributed by atoms with Crippen LogP contribution in [0.25, 0.3) is 5.65 Å². The molecule has 1 aliphatic rings. The molecule has 0 bridgehead atoms. The van der Waals surface area contributed by atoms with Gasteiger partial charge in [-0.2, -0.15) is 5.10 Å². The minimum atomic E-state index is -1.01. The Balaban J connectivity index is 1.90. The molecule has 150 valence electrons. The Morgan fingerprint density at radius 2 is 1.75 bits per heavy atom. The zero-order valence-corrected chi connectivity index (χ0v) is 16.3. The first-order chi connectivity index (χ1) is 13.3. The van der Waals surface area contributed by atoms with E-state index in [1.807, 2.05) is 0 Å². The Bertz CT molecular complexity index is 887. The highest BCUT2D eigenvalue weighted by molar-refractivity contribution is 7.99. The number of carbonyl (C=O) groups is 3. The molecule has 0 aliphatic carbocycles. The number of hydrogen-bond acceptors (Lipinski definition) is 10. The number of ether oxygens (including phenoxy) is 4. The molecule has 1 fully saturated rings. The van der Waals surface area contributed by atoms with E-state index < -0.39 is 41.7 Å². The molecule has 28 heavy (non-hydrogen) atoms. The quantitative estimate of drug-likeness (QED) is 0.522. The van der Waals surface area contributed by atoms with Crippen LogP contribution in [0.1, 0.15) is 20.8 Å². The number of aromatic nitrogens is 3. The molecule has 2 aromatic rings. The highest BCUT2D eigenvalue weighted by Crippen LogP contribution is 2.34. The van der Waals surface area contributed by atoms with Gasteiger partial charge in [-0.05, 0) is 12.1 Å². The van der Waals surface area contributed by atoms with Gasteiger partial charge in [0.1, 0.15) is 6.33 Å². The van der Waals surface area contributed by atoms with E-state index in [-0.39, 0.29) is 5.75 Å².